The molecule has 0 aromatic carbocycles. The van der Waals surface area contributed by atoms with Crippen LogP contribution in [0.25, 0.3) is 0 Å². The van der Waals surface area contributed by atoms with Gasteiger partial charge >= 0.3 is 0 Å². The summed E-state index contributed by atoms with van der Waals surface area (Å²) in [6.45, 7) is 7.58. The number of hydrogen-bond donors (Lipinski definition) is 1. The normalized spacial score (nSPS) is 19.0. The van der Waals surface area contributed by atoms with Crippen LogP contribution in [-0.4, -0.2) is 72.2 Å². The fourth-order valence-corrected chi connectivity index (χ4v) is 5.59. The van der Waals surface area contributed by atoms with Crippen molar-refractivity contribution in [3.05, 3.63) is 23.8 Å². The molecule has 27 heavy (non-hydrogen) atoms. The SMILES string of the molecule is Cc1n[nH]c(C)c1S(=O)(=O)N1CCN(c2cc(N3CCCC3)ncn2)CC1. The Labute approximate surface area is 159 Å². The van der Waals surface area contributed by atoms with Crippen LogP contribution in [0.4, 0.5) is 11.6 Å². The van der Waals surface area contributed by atoms with Crippen LogP contribution in [0.15, 0.2) is 17.3 Å². The number of piperazine rings is 1. The van der Waals surface area contributed by atoms with Gasteiger partial charge in [-0.1, -0.05) is 0 Å². The lowest BCUT2D eigenvalue weighted by atomic mass is 10.3. The van der Waals surface area contributed by atoms with Crippen LogP contribution in [-0.2, 0) is 10.0 Å². The summed E-state index contributed by atoms with van der Waals surface area (Å²) in [6.07, 6.45) is 4.00. The molecule has 0 spiro atoms. The quantitative estimate of drug-likeness (QED) is 0.828. The van der Waals surface area contributed by atoms with Crippen LogP contribution < -0.4 is 9.80 Å². The minimum atomic E-state index is -3.53. The Hall–Kier alpha value is -2.20. The maximum atomic E-state index is 13.0. The number of nitrogens with one attached hydrogen (secondary N) is 1. The zero-order chi connectivity index (χ0) is 19.0. The Kier molecular flexibility index (Phi) is 4.77. The topological polar surface area (TPSA) is 98.3 Å². The second-order valence-electron chi connectivity index (χ2n) is 7.08. The highest BCUT2D eigenvalue weighted by atomic mass is 32.2. The predicted octanol–water partition coefficient (Wildman–Crippen LogP) is 0.928. The highest BCUT2D eigenvalue weighted by Crippen LogP contribution is 2.25. The highest BCUT2D eigenvalue weighted by molar-refractivity contribution is 7.89. The summed E-state index contributed by atoms with van der Waals surface area (Å²) in [6, 6.07) is 2.01. The van der Waals surface area contributed by atoms with Crippen LogP contribution in [0, 0.1) is 13.8 Å². The van der Waals surface area contributed by atoms with E-state index in [0.717, 1.165) is 24.7 Å². The van der Waals surface area contributed by atoms with Gasteiger partial charge in [0.05, 0.1) is 11.4 Å². The van der Waals surface area contributed by atoms with Crippen LogP contribution in [0.2, 0.25) is 0 Å². The van der Waals surface area contributed by atoms with Crippen LogP contribution in [0.3, 0.4) is 0 Å². The molecule has 0 bridgehead atoms. The summed E-state index contributed by atoms with van der Waals surface area (Å²) in [7, 11) is -3.53. The molecule has 2 aromatic rings. The number of aromatic nitrogens is 4. The van der Waals surface area contributed by atoms with Gasteiger partial charge in [-0.25, -0.2) is 18.4 Å². The van der Waals surface area contributed by atoms with Crippen molar-refractivity contribution in [2.24, 2.45) is 0 Å². The first-order valence-electron chi connectivity index (χ1n) is 9.30. The van der Waals surface area contributed by atoms with E-state index in [2.05, 4.69) is 30.0 Å². The Morgan fingerprint density at radius 1 is 0.926 bits per heavy atom. The van der Waals surface area contributed by atoms with Crippen molar-refractivity contribution in [2.75, 3.05) is 49.1 Å². The molecule has 146 valence electrons. The summed E-state index contributed by atoms with van der Waals surface area (Å²) in [5.41, 5.74) is 1.10. The molecule has 1 N–H and O–H groups in total. The van der Waals surface area contributed by atoms with Gasteiger partial charge in [0.2, 0.25) is 10.0 Å². The lowest BCUT2D eigenvalue weighted by molar-refractivity contribution is 0.383. The first-order chi connectivity index (χ1) is 13.0. The Balaban J connectivity index is 1.47. The van der Waals surface area contributed by atoms with Gasteiger partial charge in [-0.15, -0.1) is 0 Å². The standard InChI is InChI=1S/C17H25N7O2S/c1-13-17(14(2)21-20-13)27(25,26)24-9-7-23(8-10-24)16-11-15(18-12-19-16)22-5-3-4-6-22/h11-12H,3-10H2,1-2H3,(H,20,21). The fraction of sp³-hybridized carbons (Fsp3) is 0.588. The molecule has 2 fully saturated rings. The second kappa shape index (κ2) is 7.08. The number of nitrogens with zero attached hydrogens (tertiary/aromatic N) is 6. The average Bonchev–Trinajstić information content (AvgIpc) is 3.32. The molecule has 2 aliphatic heterocycles. The summed E-state index contributed by atoms with van der Waals surface area (Å²) < 4.78 is 27.5. The summed E-state index contributed by atoms with van der Waals surface area (Å²) >= 11 is 0. The van der Waals surface area contributed by atoms with Crippen LogP contribution in [0.1, 0.15) is 24.2 Å². The number of hydrogen-bond acceptors (Lipinski definition) is 7. The van der Waals surface area contributed by atoms with E-state index >= 15 is 0 Å². The van der Waals surface area contributed by atoms with Gasteiger partial charge in [0.15, 0.2) is 0 Å². The molecule has 0 amide bonds. The van der Waals surface area contributed by atoms with Gasteiger partial charge in [0.25, 0.3) is 0 Å². The van der Waals surface area contributed by atoms with E-state index in [9.17, 15) is 8.42 Å². The maximum Gasteiger partial charge on any atom is 0.246 e. The number of aryl methyl sites for hydroxylation is 2. The molecule has 9 nitrogen and oxygen atoms in total. The molecule has 2 aromatic heterocycles. The van der Waals surface area contributed by atoms with Gasteiger partial charge in [-0.05, 0) is 26.7 Å². The average molecular weight is 392 g/mol. The van der Waals surface area contributed by atoms with E-state index in [1.807, 2.05) is 6.07 Å². The van der Waals surface area contributed by atoms with Crippen molar-refractivity contribution in [1.29, 1.82) is 0 Å². The van der Waals surface area contributed by atoms with E-state index in [1.54, 1.807) is 20.2 Å². The van der Waals surface area contributed by atoms with Crippen LogP contribution in [0.5, 0.6) is 0 Å². The summed E-state index contributed by atoms with van der Waals surface area (Å²) in [5, 5.41) is 6.79. The molecular weight excluding hydrogens is 366 g/mol. The molecule has 4 heterocycles. The van der Waals surface area contributed by atoms with Crippen molar-refractivity contribution >= 4 is 21.7 Å². The third kappa shape index (κ3) is 3.39. The number of rotatable bonds is 4. The molecular formula is C17H25N7O2S. The van der Waals surface area contributed by atoms with E-state index < -0.39 is 10.0 Å². The third-order valence-electron chi connectivity index (χ3n) is 5.29. The zero-order valence-corrected chi connectivity index (χ0v) is 16.5. The van der Waals surface area contributed by atoms with Crippen molar-refractivity contribution in [1.82, 2.24) is 24.5 Å². The largest absolute Gasteiger partial charge is 0.356 e. The molecule has 0 unspecified atom stereocenters. The van der Waals surface area contributed by atoms with Gasteiger partial charge in [-0.2, -0.15) is 9.40 Å². The van der Waals surface area contributed by atoms with E-state index in [0.29, 0.717) is 42.5 Å². The maximum absolute atomic E-state index is 13.0. The molecule has 0 aliphatic carbocycles. The number of sulfonamides is 1. The van der Waals surface area contributed by atoms with Crippen LogP contribution >= 0.6 is 0 Å². The fourth-order valence-electron chi connectivity index (χ4n) is 3.84. The smallest absolute Gasteiger partial charge is 0.246 e. The summed E-state index contributed by atoms with van der Waals surface area (Å²) in [5.74, 6) is 1.82. The van der Waals surface area contributed by atoms with E-state index in [4.69, 9.17) is 0 Å². The number of H-pyrrole nitrogens is 1. The second-order valence-corrected chi connectivity index (χ2v) is 8.96. The zero-order valence-electron chi connectivity index (χ0n) is 15.7. The molecule has 0 radical (unpaired) electrons. The van der Waals surface area contributed by atoms with Crippen molar-refractivity contribution in [3.8, 4) is 0 Å². The molecule has 2 saturated heterocycles. The molecule has 0 saturated carbocycles. The van der Waals surface area contributed by atoms with Crippen molar-refractivity contribution in [3.63, 3.8) is 0 Å². The molecule has 10 heteroatoms. The number of anilines is 2. The minimum Gasteiger partial charge on any atom is -0.356 e. The molecule has 4 rings (SSSR count). The molecule has 0 atom stereocenters. The predicted molar refractivity (Wildman–Crippen MR) is 103 cm³/mol. The Morgan fingerprint density at radius 2 is 1.52 bits per heavy atom. The third-order valence-corrected chi connectivity index (χ3v) is 7.45. The Morgan fingerprint density at radius 3 is 2.07 bits per heavy atom. The monoisotopic (exact) mass is 391 g/mol. The lowest BCUT2D eigenvalue weighted by Gasteiger charge is -2.34. The first-order valence-corrected chi connectivity index (χ1v) is 10.7. The van der Waals surface area contributed by atoms with Gasteiger partial charge in [-0.3, -0.25) is 5.10 Å². The number of aromatic amines is 1. The van der Waals surface area contributed by atoms with Gasteiger partial charge < -0.3 is 9.80 Å². The Bertz CT molecular complexity index is 894. The van der Waals surface area contributed by atoms with Gasteiger partial charge in [0.1, 0.15) is 22.9 Å². The van der Waals surface area contributed by atoms with Crippen molar-refractivity contribution in [2.45, 2.75) is 31.6 Å². The lowest BCUT2D eigenvalue weighted by Crippen LogP contribution is -2.49. The van der Waals surface area contributed by atoms with E-state index in [-0.39, 0.29) is 0 Å². The summed E-state index contributed by atoms with van der Waals surface area (Å²) in [4.78, 5) is 13.5. The minimum absolute atomic E-state index is 0.300. The van der Waals surface area contributed by atoms with E-state index in [1.165, 1.54) is 17.1 Å². The molecule has 2 aliphatic rings. The first kappa shape index (κ1) is 18.2. The van der Waals surface area contributed by atoms with Crippen molar-refractivity contribution < 1.29 is 8.42 Å². The van der Waals surface area contributed by atoms with Gasteiger partial charge in [0, 0.05) is 45.3 Å². The highest BCUT2D eigenvalue weighted by Gasteiger charge is 2.32.